The van der Waals surface area contributed by atoms with E-state index in [4.69, 9.17) is 4.74 Å². The third kappa shape index (κ3) is 4.35. The van der Waals surface area contributed by atoms with Crippen LogP contribution in [-0.4, -0.2) is 26.3 Å². The summed E-state index contributed by atoms with van der Waals surface area (Å²) in [5.74, 6) is 1.50. The predicted molar refractivity (Wildman–Crippen MR) is 65.0 cm³/mol. The first kappa shape index (κ1) is 12.7. The molecule has 1 aliphatic carbocycles. The molecule has 3 unspecified atom stereocenters. The normalized spacial score (nSPS) is 27.9. The van der Waals surface area contributed by atoms with Crippen molar-refractivity contribution in [3.8, 4) is 0 Å². The lowest BCUT2D eigenvalue weighted by Gasteiger charge is -2.27. The summed E-state index contributed by atoms with van der Waals surface area (Å²) in [5, 5.41) is 3.18. The van der Waals surface area contributed by atoms with Gasteiger partial charge in [-0.3, -0.25) is 0 Å². The summed E-state index contributed by atoms with van der Waals surface area (Å²) in [5.41, 5.74) is 0. The molecule has 0 aliphatic heterocycles. The summed E-state index contributed by atoms with van der Waals surface area (Å²) in [4.78, 5) is 0. The third-order valence-corrected chi connectivity index (χ3v) is 3.35. The second-order valence-electron chi connectivity index (χ2n) is 4.60. The van der Waals surface area contributed by atoms with E-state index in [9.17, 15) is 0 Å². The molecule has 0 bridgehead atoms. The first-order valence-electron chi connectivity index (χ1n) is 6.19. The maximum absolute atomic E-state index is 5.95. The molecule has 0 aromatic heterocycles. The summed E-state index contributed by atoms with van der Waals surface area (Å²) in [6, 6.07) is 0. The Labute approximate surface area is 94.1 Å². The van der Waals surface area contributed by atoms with E-state index in [2.05, 4.69) is 31.3 Å². The second kappa shape index (κ2) is 7.02. The molecule has 0 saturated carbocycles. The van der Waals surface area contributed by atoms with Crippen LogP contribution in [-0.2, 0) is 4.74 Å². The minimum atomic E-state index is 0.383. The molecule has 0 fully saturated rings. The van der Waals surface area contributed by atoms with Gasteiger partial charge in [0.25, 0.3) is 0 Å². The molecule has 0 saturated heterocycles. The zero-order valence-corrected chi connectivity index (χ0v) is 10.3. The van der Waals surface area contributed by atoms with Crippen LogP contribution in [0.5, 0.6) is 0 Å². The van der Waals surface area contributed by atoms with Gasteiger partial charge in [-0.05, 0) is 38.1 Å². The van der Waals surface area contributed by atoms with Gasteiger partial charge in [0, 0.05) is 6.54 Å². The summed E-state index contributed by atoms with van der Waals surface area (Å²) >= 11 is 0. The van der Waals surface area contributed by atoms with Gasteiger partial charge in [0.15, 0.2) is 0 Å². The van der Waals surface area contributed by atoms with Gasteiger partial charge in [-0.15, -0.1) is 0 Å². The van der Waals surface area contributed by atoms with E-state index in [0.29, 0.717) is 6.10 Å². The van der Waals surface area contributed by atoms with E-state index < -0.39 is 0 Å². The molecule has 2 heteroatoms. The van der Waals surface area contributed by atoms with Crippen LogP contribution < -0.4 is 5.32 Å². The Bertz CT molecular complexity index is 191. The fraction of sp³-hybridized carbons (Fsp3) is 0.846. The van der Waals surface area contributed by atoms with Crippen molar-refractivity contribution < 1.29 is 4.74 Å². The van der Waals surface area contributed by atoms with Crippen molar-refractivity contribution in [2.45, 2.75) is 39.2 Å². The van der Waals surface area contributed by atoms with Gasteiger partial charge in [-0.2, -0.15) is 0 Å². The molecule has 2 nitrogen and oxygen atoms in total. The Balaban J connectivity index is 2.25. The first-order chi connectivity index (χ1) is 7.27. The van der Waals surface area contributed by atoms with Crippen molar-refractivity contribution in [2.24, 2.45) is 11.8 Å². The van der Waals surface area contributed by atoms with Crippen LogP contribution in [0.15, 0.2) is 12.2 Å². The molecule has 0 amide bonds. The Morgan fingerprint density at radius 2 is 2.13 bits per heavy atom. The zero-order valence-electron chi connectivity index (χ0n) is 10.3. The lowest BCUT2D eigenvalue weighted by molar-refractivity contribution is 0.0160. The van der Waals surface area contributed by atoms with Gasteiger partial charge in [0.05, 0.1) is 12.7 Å². The number of ether oxygens (including phenoxy) is 1. The van der Waals surface area contributed by atoms with Crippen molar-refractivity contribution in [1.29, 1.82) is 0 Å². The van der Waals surface area contributed by atoms with Gasteiger partial charge in [0.1, 0.15) is 0 Å². The van der Waals surface area contributed by atoms with Gasteiger partial charge in [-0.25, -0.2) is 0 Å². The number of likely N-dealkylation sites (N-methyl/N-ethyl adjacent to an activating group) is 1. The van der Waals surface area contributed by atoms with E-state index in [0.717, 1.165) is 31.4 Å². The Morgan fingerprint density at radius 3 is 2.73 bits per heavy atom. The van der Waals surface area contributed by atoms with Gasteiger partial charge >= 0.3 is 0 Å². The molecule has 0 aromatic rings. The molecule has 3 atom stereocenters. The third-order valence-electron chi connectivity index (χ3n) is 3.35. The van der Waals surface area contributed by atoms with Crippen LogP contribution >= 0.6 is 0 Å². The molecule has 0 heterocycles. The monoisotopic (exact) mass is 211 g/mol. The highest BCUT2D eigenvalue weighted by Crippen LogP contribution is 2.25. The molecule has 1 N–H and O–H groups in total. The minimum Gasteiger partial charge on any atom is -0.377 e. The highest BCUT2D eigenvalue weighted by Gasteiger charge is 2.19. The van der Waals surface area contributed by atoms with Gasteiger partial charge < -0.3 is 10.1 Å². The molecule has 15 heavy (non-hydrogen) atoms. The predicted octanol–water partition coefficient (Wildman–Crippen LogP) is 2.60. The van der Waals surface area contributed by atoms with Crippen LogP contribution in [0.2, 0.25) is 0 Å². The maximum atomic E-state index is 5.95. The lowest BCUT2D eigenvalue weighted by Crippen LogP contribution is -2.29. The number of rotatable bonds is 6. The zero-order chi connectivity index (χ0) is 11.1. The topological polar surface area (TPSA) is 21.3 Å². The molecular formula is C13H25NO. The van der Waals surface area contributed by atoms with Gasteiger partial charge in [-0.1, -0.05) is 26.0 Å². The van der Waals surface area contributed by atoms with Crippen molar-refractivity contribution in [3.05, 3.63) is 12.2 Å². The van der Waals surface area contributed by atoms with Crippen molar-refractivity contribution in [2.75, 3.05) is 20.2 Å². The van der Waals surface area contributed by atoms with E-state index >= 15 is 0 Å². The largest absolute Gasteiger partial charge is 0.377 e. The van der Waals surface area contributed by atoms with Gasteiger partial charge in [0.2, 0.25) is 0 Å². The number of allylic oxidation sites excluding steroid dienone is 2. The average molecular weight is 211 g/mol. The minimum absolute atomic E-state index is 0.383. The lowest BCUT2D eigenvalue weighted by atomic mass is 9.85. The SMILES string of the molecule is CCC(CNC)OCC1CC=CCC1C. The fourth-order valence-corrected chi connectivity index (χ4v) is 2.05. The molecule has 88 valence electrons. The summed E-state index contributed by atoms with van der Waals surface area (Å²) in [6.07, 6.45) is 8.48. The summed E-state index contributed by atoms with van der Waals surface area (Å²) < 4.78 is 5.95. The van der Waals surface area contributed by atoms with Crippen LogP contribution in [0.4, 0.5) is 0 Å². The molecule has 1 aliphatic rings. The quantitative estimate of drug-likeness (QED) is 0.682. The molecule has 1 rings (SSSR count). The molecule has 0 spiro atoms. The van der Waals surface area contributed by atoms with Crippen LogP contribution in [0.3, 0.4) is 0 Å². The summed E-state index contributed by atoms with van der Waals surface area (Å²) in [7, 11) is 1.98. The Morgan fingerprint density at radius 1 is 1.40 bits per heavy atom. The number of hydrogen-bond donors (Lipinski definition) is 1. The number of nitrogens with one attached hydrogen (secondary N) is 1. The fourth-order valence-electron chi connectivity index (χ4n) is 2.05. The van der Waals surface area contributed by atoms with Crippen molar-refractivity contribution >= 4 is 0 Å². The smallest absolute Gasteiger partial charge is 0.0696 e. The highest BCUT2D eigenvalue weighted by molar-refractivity contribution is 4.93. The summed E-state index contributed by atoms with van der Waals surface area (Å²) in [6.45, 7) is 6.40. The van der Waals surface area contributed by atoms with Crippen LogP contribution in [0, 0.1) is 11.8 Å². The Hall–Kier alpha value is -0.340. The van der Waals surface area contributed by atoms with Crippen molar-refractivity contribution in [1.82, 2.24) is 5.32 Å². The van der Waals surface area contributed by atoms with E-state index in [1.165, 1.54) is 12.8 Å². The van der Waals surface area contributed by atoms with E-state index in [1.54, 1.807) is 0 Å². The Kier molecular flexibility index (Phi) is 5.96. The maximum Gasteiger partial charge on any atom is 0.0696 e. The standard InChI is InChI=1S/C13H25NO/c1-4-13(9-14-3)15-10-12-8-6-5-7-11(12)2/h5-6,11-14H,4,7-10H2,1-3H3. The van der Waals surface area contributed by atoms with Crippen LogP contribution in [0.25, 0.3) is 0 Å². The van der Waals surface area contributed by atoms with Crippen molar-refractivity contribution in [3.63, 3.8) is 0 Å². The second-order valence-corrected chi connectivity index (χ2v) is 4.60. The van der Waals surface area contributed by atoms with E-state index in [1.807, 2.05) is 7.05 Å². The number of hydrogen-bond acceptors (Lipinski definition) is 2. The molecule has 0 radical (unpaired) electrons. The van der Waals surface area contributed by atoms with Crippen LogP contribution in [0.1, 0.15) is 33.1 Å². The highest BCUT2D eigenvalue weighted by atomic mass is 16.5. The van der Waals surface area contributed by atoms with E-state index in [-0.39, 0.29) is 0 Å². The average Bonchev–Trinajstić information content (AvgIpc) is 2.26. The first-order valence-corrected chi connectivity index (χ1v) is 6.19. The molecular weight excluding hydrogens is 186 g/mol. The molecule has 0 aromatic carbocycles.